The third-order valence-corrected chi connectivity index (χ3v) is 3.49. The molecule has 1 aliphatic rings. The zero-order valence-corrected chi connectivity index (χ0v) is 10.1. The predicted octanol–water partition coefficient (Wildman–Crippen LogP) is 3.11. The first-order valence-corrected chi connectivity index (χ1v) is 6.39. The number of hydrogen-bond acceptors (Lipinski definition) is 2. The lowest BCUT2D eigenvalue weighted by molar-refractivity contribution is 0.213. The number of nitrogens with two attached hydrogens (primary N) is 1. The van der Waals surface area contributed by atoms with Gasteiger partial charge in [0.2, 0.25) is 0 Å². The Morgan fingerprint density at radius 1 is 1.29 bits per heavy atom. The third-order valence-electron chi connectivity index (χ3n) is 3.49. The van der Waals surface area contributed by atoms with Crippen LogP contribution in [-0.4, -0.2) is 12.6 Å². The number of benzene rings is 1. The van der Waals surface area contributed by atoms with Crippen LogP contribution in [0.2, 0.25) is 0 Å². The van der Waals surface area contributed by atoms with Crippen LogP contribution in [0.25, 0.3) is 0 Å². The summed E-state index contributed by atoms with van der Waals surface area (Å²) < 4.78 is 18.5. The fraction of sp³-hybridized carbons (Fsp3) is 0.571. The maximum absolute atomic E-state index is 12.9. The van der Waals surface area contributed by atoms with E-state index in [1.165, 1.54) is 44.2 Å². The van der Waals surface area contributed by atoms with Crippen molar-refractivity contribution in [3.05, 3.63) is 30.1 Å². The minimum atomic E-state index is -0.270. The molecule has 94 valence electrons. The van der Waals surface area contributed by atoms with Crippen LogP contribution >= 0.6 is 0 Å². The maximum atomic E-state index is 12.9. The van der Waals surface area contributed by atoms with E-state index < -0.39 is 0 Å². The first kappa shape index (κ1) is 12.4. The van der Waals surface area contributed by atoms with E-state index in [2.05, 4.69) is 0 Å². The molecule has 2 N–H and O–H groups in total. The van der Waals surface area contributed by atoms with E-state index in [9.17, 15) is 4.39 Å². The molecule has 2 rings (SSSR count). The van der Waals surface area contributed by atoms with Gasteiger partial charge < -0.3 is 10.5 Å². The molecule has 0 aliphatic heterocycles. The van der Waals surface area contributed by atoms with E-state index in [-0.39, 0.29) is 11.9 Å². The van der Waals surface area contributed by atoms with Gasteiger partial charge in [0.05, 0.1) is 0 Å². The van der Waals surface area contributed by atoms with Crippen LogP contribution in [0.5, 0.6) is 5.75 Å². The van der Waals surface area contributed by atoms with Gasteiger partial charge in [0.15, 0.2) is 0 Å². The lowest BCUT2D eigenvalue weighted by atomic mass is 9.84. The van der Waals surface area contributed by atoms with Crippen molar-refractivity contribution in [2.24, 2.45) is 11.7 Å². The van der Waals surface area contributed by atoms with Gasteiger partial charge in [-0.05, 0) is 30.9 Å². The largest absolute Gasteiger partial charge is 0.492 e. The van der Waals surface area contributed by atoms with Gasteiger partial charge in [0.1, 0.15) is 18.2 Å². The molecule has 0 radical (unpaired) electrons. The van der Waals surface area contributed by atoms with Gasteiger partial charge in [-0.1, -0.05) is 25.3 Å². The molecule has 1 aliphatic carbocycles. The molecule has 0 heterocycles. The normalized spacial score (nSPS) is 18.9. The zero-order valence-electron chi connectivity index (χ0n) is 10.1. The summed E-state index contributed by atoms with van der Waals surface area (Å²) in [5, 5.41) is 0. The van der Waals surface area contributed by atoms with Gasteiger partial charge >= 0.3 is 0 Å². The van der Waals surface area contributed by atoms with Gasteiger partial charge in [-0.15, -0.1) is 0 Å². The average molecular weight is 237 g/mol. The summed E-state index contributed by atoms with van der Waals surface area (Å²) in [6.07, 6.45) is 6.28. The minimum Gasteiger partial charge on any atom is -0.492 e. The van der Waals surface area contributed by atoms with Crippen molar-refractivity contribution in [2.45, 2.75) is 38.1 Å². The first-order chi connectivity index (χ1) is 8.25. The number of ether oxygens (including phenoxy) is 1. The smallest absolute Gasteiger partial charge is 0.126 e. The Kier molecular flexibility index (Phi) is 4.37. The van der Waals surface area contributed by atoms with Crippen LogP contribution in [-0.2, 0) is 0 Å². The number of hydrogen-bond donors (Lipinski definition) is 1. The highest BCUT2D eigenvalue weighted by Gasteiger charge is 2.20. The molecular formula is C14H20FNO. The Morgan fingerprint density at radius 2 is 2.06 bits per heavy atom. The molecule has 0 amide bonds. The molecule has 1 atom stereocenters. The maximum Gasteiger partial charge on any atom is 0.126 e. The molecule has 1 aromatic rings. The Morgan fingerprint density at radius 3 is 2.76 bits per heavy atom. The summed E-state index contributed by atoms with van der Waals surface area (Å²) >= 11 is 0. The molecule has 0 spiro atoms. The number of rotatable bonds is 4. The molecule has 1 fully saturated rings. The van der Waals surface area contributed by atoms with Crippen molar-refractivity contribution in [3.8, 4) is 5.75 Å². The van der Waals surface area contributed by atoms with Crippen molar-refractivity contribution in [2.75, 3.05) is 6.61 Å². The predicted molar refractivity (Wildman–Crippen MR) is 66.4 cm³/mol. The number of halogens is 1. The highest BCUT2D eigenvalue weighted by molar-refractivity contribution is 5.22. The topological polar surface area (TPSA) is 35.2 Å². The van der Waals surface area contributed by atoms with Crippen LogP contribution in [0, 0.1) is 11.7 Å². The summed E-state index contributed by atoms with van der Waals surface area (Å²) in [6.45, 7) is 0.480. The molecule has 1 saturated carbocycles. The second-order valence-corrected chi connectivity index (χ2v) is 4.83. The highest BCUT2D eigenvalue weighted by atomic mass is 19.1. The fourth-order valence-electron chi connectivity index (χ4n) is 2.45. The SMILES string of the molecule is NC(COc1cccc(F)c1)C1CCCCC1. The third kappa shape index (κ3) is 3.70. The molecule has 0 aromatic heterocycles. The first-order valence-electron chi connectivity index (χ1n) is 6.39. The van der Waals surface area contributed by atoms with E-state index in [0.29, 0.717) is 18.3 Å². The van der Waals surface area contributed by atoms with E-state index in [1.807, 2.05) is 0 Å². The van der Waals surface area contributed by atoms with Crippen molar-refractivity contribution in [3.63, 3.8) is 0 Å². The van der Waals surface area contributed by atoms with Crippen molar-refractivity contribution >= 4 is 0 Å². The lowest BCUT2D eigenvalue weighted by Gasteiger charge is -2.27. The van der Waals surface area contributed by atoms with Crippen LogP contribution in [0.4, 0.5) is 4.39 Å². The van der Waals surface area contributed by atoms with E-state index in [1.54, 1.807) is 12.1 Å². The summed E-state index contributed by atoms with van der Waals surface area (Å²) in [5.41, 5.74) is 6.12. The summed E-state index contributed by atoms with van der Waals surface area (Å²) in [5.74, 6) is 0.863. The Bertz CT molecular complexity index is 350. The van der Waals surface area contributed by atoms with Gasteiger partial charge in [-0.3, -0.25) is 0 Å². The van der Waals surface area contributed by atoms with Gasteiger partial charge in [0.25, 0.3) is 0 Å². The monoisotopic (exact) mass is 237 g/mol. The Labute approximate surface area is 102 Å². The Hall–Kier alpha value is -1.09. The van der Waals surface area contributed by atoms with Gasteiger partial charge in [-0.2, -0.15) is 0 Å². The van der Waals surface area contributed by atoms with E-state index in [0.717, 1.165) is 0 Å². The van der Waals surface area contributed by atoms with E-state index >= 15 is 0 Å². The standard InChI is InChI=1S/C14H20FNO/c15-12-7-4-8-13(9-12)17-10-14(16)11-5-2-1-3-6-11/h4,7-9,11,14H,1-3,5-6,10,16H2. The zero-order chi connectivity index (χ0) is 12.1. The lowest BCUT2D eigenvalue weighted by Crippen LogP contribution is -2.37. The van der Waals surface area contributed by atoms with Crippen molar-refractivity contribution in [1.82, 2.24) is 0 Å². The van der Waals surface area contributed by atoms with Crippen LogP contribution in [0.3, 0.4) is 0 Å². The van der Waals surface area contributed by atoms with Crippen LogP contribution in [0.1, 0.15) is 32.1 Å². The molecule has 3 heteroatoms. The minimum absolute atomic E-state index is 0.0681. The summed E-state index contributed by atoms with van der Waals surface area (Å²) in [6, 6.07) is 6.29. The van der Waals surface area contributed by atoms with Crippen LogP contribution in [0.15, 0.2) is 24.3 Å². The second kappa shape index (κ2) is 6.01. The van der Waals surface area contributed by atoms with Crippen molar-refractivity contribution in [1.29, 1.82) is 0 Å². The fourth-order valence-corrected chi connectivity index (χ4v) is 2.45. The molecule has 1 unspecified atom stereocenters. The van der Waals surface area contributed by atoms with E-state index in [4.69, 9.17) is 10.5 Å². The molecule has 0 saturated heterocycles. The van der Waals surface area contributed by atoms with Crippen molar-refractivity contribution < 1.29 is 9.13 Å². The van der Waals surface area contributed by atoms with Gasteiger partial charge in [-0.25, -0.2) is 4.39 Å². The molecular weight excluding hydrogens is 217 g/mol. The van der Waals surface area contributed by atoms with Gasteiger partial charge in [0, 0.05) is 12.1 Å². The average Bonchev–Trinajstić information content (AvgIpc) is 2.37. The summed E-state index contributed by atoms with van der Waals surface area (Å²) in [7, 11) is 0. The molecule has 1 aromatic carbocycles. The van der Waals surface area contributed by atoms with Crippen LogP contribution < -0.4 is 10.5 Å². The highest BCUT2D eigenvalue weighted by Crippen LogP contribution is 2.26. The quantitative estimate of drug-likeness (QED) is 0.873. The Balaban J connectivity index is 1.80. The molecule has 2 nitrogen and oxygen atoms in total. The molecule has 0 bridgehead atoms. The molecule has 17 heavy (non-hydrogen) atoms. The summed E-state index contributed by atoms with van der Waals surface area (Å²) in [4.78, 5) is 0. The second-order valence-electron chi connectivity index (χ2n) is 4.83.